The van der Waals surface area contributed by atoms with E-state index in [-0.39, 0.29) is 0 Å². The monoisotopic (exact) mass is 222 g/mol. The van der Waals surface area contributed by atoms with Crippen molar-refractivity contribution in [2.24, 2.45) is 5.73 Å². The van der Waals surface area contributed by atoms with E-state index < -0.39 is 17.9 Å². The first-order valence-electron chi connectivity index (χ1n) is 4.79. The summed E-state index contributed by atoms with van der Waals surface area (Å²) >= 11 is 0. The molecule has 0 aliphatic heterocycles. The van der Waals surface area contributed by atoms with Crippen LogP contribution in [-0.2, 0) is 16.1 Å². The molecule has 5 heteroatoms. The number of carbonyl (C=O) groups is 2. The summed E-state index contributed by atoms with van der Waals surface area (Å²) in [6.07, 6.45) is 0. The van der Waals surface area contributed by atoms with Crippen LogP contribution in [0.25, 0.3) is 0 Å². The molecular formula is C11H14N2O3. The molecule has 0 aliphatic carbocycles. The Bertz CT molecular complexity index is 378. The minimum atomic E-state index is -1.49. The van der Waals surface area contributed by atoms with E-state index in [0.29, 0.717) is 6.54 Å². The lowest BCUT2D eigenvalue weighted by Gasteiger charge is -2.19. The highest BCUT2D eigenvalue weighted by molar-refractivity contribution is 6.00. The number of carbonyl (C=O) groups excluding carboxylic acids is 1. The molecule has 5 nitrogen and oxygen atoms in total. The lowest BCUT2D eigenvalue weighted by molar-refractivity contribution is -0.146. The summed E-state index contributed by atoms with van der Waals surface area (Å²) in [5.41, 5.74) is 6.15. The van der Waals surface area contributed by atoms with Gasteiger partial charge < -0.3 is 15.7 Å². The Kier molecular flexibility index (Phi) is 4.02. The fraction of sp³-hybridized carbons (Fsp3) is 0.273. The number of nitrogens with two attached hydrogens (primary N) is 1. The maximum atomic E-state index is 11.5. The van der Waals surface area contributed by atoms with Gasteiger partial charge in [0.2, 0.25) is 0 Å². The van der Waals surface area contributed by atoms with Crippen molar-refractivity contribution in [1.82, 2.24) is 4.90 Å². The maximum absolute atomic E-state index is 11.5. The normalized spacial score (nSPS) is 11.9. The molecule has 1 rings (SSSR count). The van der Waals surface area contributed by atoms with Crippen LogP contribution in [0.1, 0.15) is 5.56 Å². The van der Waals surface area contributed by atoms with Crippen LogP contribution in [0.3, 0.4) is 0 Å². The molecule has 0 spiro atoms. The van der Waals surface area contributed by atoms with E-state index in [2.05, 4.69) is 0 Å². The first-order chi connectivity index (χ1) is 7.52. The zero-order chi connectivity index (χ0) is 12.1. The molecule has 86 valence electrons. The Morgan fingerprint density at radius 3 is 2.44 bits per heavy atom. The average molecular weight is 222 g/mol. The second-order valence-corrected chi connectivity index (χ2v) is 3.50. The third-order valence-corrected chi connectivity index (χ3v) is 2.17. The van der Waals surface area contributed by atoms with Crippen molar-refractivity contribution in [2.45, 2.75) is 12.6 Å². The number of hydrogen-bond acceptors (Lipinski definition) is 3. The predicted molar refractivity (Wildman–Crippen MR) is 58.5 cm³/mol. The highest BCUT2D eigenvalue weighted by Gasteiger charge is 2.24. The van der Waals surface area contributed by atoms with Crippen LogP contribution in [0, 0.1) is 0 Å². The third kappa shape index (κ3) is 3.06. The fourth-order valence-corrected chi connectivity index (χ4v) is 1.28. The van der Waals surface area contributed by atoms with E-state index >= 15 is 0 Å². The Morgan fingerprint density at radius 2 is 1.94 bits per heavy atom. The minimum Gasteiger partial charge on any atom is -0.480 e. The number of rotatable bonds is 4. The highest BCUT2D eigenvalue weighted by Crippen LogP contribution is 2.03. The van der Waals surface area contributed by atoms with Crippen molar-refractivity contribution in [2.75, 3.05) is 7.05 Å². The summed E-state index contributed by atoms with van der Waals surface area (Å²) in [5.74, 6) is -1.92. The molecule has 1 unspecified atom stereocenters. The standard InChI is InChI=1S/C11H14N2O3/c1-13(10(14)9(12)11(15)16)7-8-5-3-2-4-6-8/h2-6,9H,7,12H2,1H3,(H,15,16). The molecule has 0 fully saturated rings. The molecule has 1 aromatic rings. The maximum Gasteiger partial charge on any atom is 0.330 e. The Balaban J connectivity index is 2.62. The molecule has 0 saturated heterocycles. The van der Waals surface area contributed by atoms with Gasteiger partial charge in [-0.05, 0) is 5.56 Å². The van der Waals surface area contributed by atoms with E-state index in [9.17, 15) is 9.59 Å². The van der Waals surface area contributed by atoms with Gasteiger partial charge in [0, 0.05) is 13.6 Å². The molecule has 0 heterocycles. The van der Waals surface area contributed by atoms with Gasteiger partial charge >= 0.3 is 5.97 Å². The summed E-state index contributed by atoms with van der Waals surface area (Å²) in [4.78, 5) is 23.3. The van der Waals surface area contributed by atoms with Gasteiger partial charge in [0.15, 0.2) is 6.04 Å². The number of amides is 1. The van der Waals surface area contributed by atoms with Gasteiger partial charge in [0.1, 0.15) is 0 Å². The van der Waals surface area contributed by atoms with Gasteiger partial charge in [-0.3, -0.25) is 4.79 Å². The van der Waals surface area contributed by atoms with Crippen LogP contribution < -0.4 is 5.73 Å². The fourth-order valence-electron chi connectivity index (χ4n) is 1.28. The van der Waals surface area contributed by atoms with Crippen molar-refractivity contribution in [3.8, 4) is 0 Å². The van der Waals surface area contributed by atoms with Gasteiger partial charge in [-0.2, -0.15) is 0 Å². The van der Waals surface area contributed by atoms with Crippen LogP contribution in [0.2, 0.25) is 0 Å². The molecule has 3 N–H and O–H groups in total. The Hall–Kier alpha value is -1.88. The van der Waals surface area contributed by atoms with E-state index in [0.717, 1.165) is 5.56 Å². The number of nitrogens with zero attached hydrogens (tertiary/aromatic N) is 1. The van der Waals surface area contributed by atoms with Gasteiger partial charge in [-0.1, -0.05) is 30.3 Å². The zero-order valence-electron chi connectivity index (χ0n) is 8.96. The summed E-state index contributed by atoms with van der Waals surface area (Å²) in [6.45, 7) is 0.348. The van der Waals surface area contributed by atoms with Crippen molar-refractivity contribution >= 4 is 11.9 Å². The quantitative estimate of drug-likeness (QED) is 0.705. The van der Waals surface area contributed by atoms with Crippen LogP contribution >= 0.6 is 0 Å². The predicted octanol–water partition coefficient (Wildman–Crippen LogP) is 0.0569. The lowest BCUT2D eigenvalue weighted by atomic mass is 10.2. The summed E-state index contributed by atoms with van der Waals surface area (Å²) in [5, 5.41) is 8.59. The van der Waals surface area contributed by atoms with Crippen LogP contribution in [0.15, 0.2) is 30.3 Å². The first-order valence-corrected chi connectivity index (χ1v) is 4.79. The number of benzene rings is 1. The number of likely N-dealkylation sites (N-methyl/N-ethyl adjacent to an activating group) is 1. The van der Waals surface area contributed by atoms with E-state index in [1.165, 1.54) is 11.9 Å². The smallest absolute Gasteiger partial charge is 0.330 e. The number of carboxylic acids is 1. The molecule has 0 radical (unpaired) electrons. The Morgan fingerprint density at radius 1 is 1.38 bits per heavy atom. The molecule has 1 atom stereocenters. The minimum absolute atomic E-state index is 0.348. The van der Waals surface area contributed by atoms with Crippen molar-refractivity contribution in [3.63, 3.8) is 0 Å². The molecule has 0 bridgehead atoms. The van der Waals surface area contributed by atoms with Crippen molar-refractivity contribution < 1.29 is 14.7 Å². The van der Waals surface area contributed by atoms with E-state index in [4.69, 9.17) is 10.8 Å². The molecule has 0 aliphatic rings. The molecule has 1 aromatic carbocycles. The second kappa shape index (κ2) is 5.27. The van der Waals surface area contributed by atoms with Gasteiger partial charge in [-0.15, -0.1) is 0 Å². The van der Waals surface area contributed by atoms with Crippen molar-refractivity contribution in [3.05, 3.63) is 35.9 Å². The molecule has 0 aromatic heterocycles. The van der Waals surface area contributed by atoms with Crippen molar-refractivity contribution in [1.29, 1.82) is 0 Å². The Labute approximate surface area is 93.5 Å². The highest BCUT2D eigenvalue weighted by atomic mass is 16.4. The van der Waals surface area contributed by atoms with Crippen LogP contribution in [0.5, 0.6) is 0 Å². The van der Waals surface area contributed by atoms with Crippen LogP contribution in [0.4, 0.5) is 0 Å². The number of carboxylic acid groups (broad SMARTS) is 1. The second-order valence-electron chi connectivity index (χ2n) is 3.50. The SMILES string of the molecule is CN(Cc1ccccc1)C(=O)C(N)C(=O)O. The average Bonchev–Trinajstić information content (AvgIpc) is 2.28. The van der Waals surface area contributed by atoms with Gasteiger partial charge in [-0.25, -0.2) is 4.79 Å². The summed E-state index contributed by atoms with van der Waals surface area (Å²) in [7, 11) is 1.53. The summed E-state index contributed by atoms with van der Waals surface area (Å²) in [6, 6.07) is 7.80. The number of hydrogen-bond donors (Lipinski definition) is 2. The van der Waals surface area contributed by atoms with E-state index in [1.807, 2.05) is 30.3 Å². The van der Waals surface area contributed by atoms with Gasteiger partial charge in [0.25, 0.3) is 5.91 Å². The van der Waals surface area contributed by atoms with Gasteiger partial charge in [0.05, 0.1) is 0 Å². The van der Waals surface area contributed by atoms with E-state index in [1.54, 1.807) is 0 Å². The lowest BCUT2D eigenvalue weighted by Crippen LogP contribution is -2.46. The zero-order valence-corrected chi connectivity index (χ0v) is 8.96. The molecule has 16 heavy (non-hydrogen) atoms. The molecule has 0 saturated carbocycles. The summed E-state index contributed by atoms with van der Waals surface area (Å²) < 4.78 is 0. The first kappa shape index (κ1) is 12.2. The molecular weight excluding hydrogens is 208 g/mol. The van der Waals surface area contributed by atoms with Crippen LogP contribution in [-0.4, -0.2) is 35.0 Å². The molecule has 1 amide bonds. The topological polar surface area (TPSA) is 83.6 Å². The number of aliphatic carboxylic acids is 1. The third-order valence-electron chi connectivity index (χ3n) is 2.17. The largest absolute Gasteiger partial charge is 0.480 e.